The molecular formula is C5H11F2N3O. The van der Waals surface area contributed by atoms with Crippen molar-refractivity contribution in [1.29, 1.82) is 0 Å². The Morgan fingerprint density at radius 1 is 1.73 bits per heavy atom. The molecule has 0 atom stereocenters. The van der Waals surface area contributed by atoms with Crippen molar-refractivity contribution in [2.75, 3.05) is 20.2 Å². The molecule has 6 heteroatoms. The van der Waals surface area contributed by atoms with E-state index in [0.717, 1.165) is 0 Å². The number of nitrogens with zero attached hydrogens (tertiary/aromatic N) is 1. The number of aliphatic hydroxyl groups excluding tert-OH is 1. The third-order valence-corrected chi connectivity index (χ3v) is 1.00. The van der Waals surface area contributed by atoms with Gasteiger partial charge >= 0.3 is 0 Å². The van der Waals surface area contributed by atoms with Gasteiger partial charge in [-0.2, -0.15) is 0 Å². The minimum Gasteiger partial charge on any atom is -0.390 e. The van der Waals surface area contributed by atoms with E-state index in [-0.39, 0.29) is 5.96 Å². The highest BCUT2D eigenvalue weighted by Crippen LogP contribution is 2.09. The molecular weight excluding hydrogens is 156 g/mol. The minimum atomic E-state index is -3.14. The van der Waals surface area contributed by atoms with Crippen LogP contribution in [0, 0.1) is 0 Å². The average Bonchev–Trinajstić information content (AvgIpc) is 2.00. The summed E-state index contributed by atoms with van der Waals surface area (Å²) in [5.74, 6) is -3.21. The summed E-state index contributed by atoms with van der Waals surface area (Å²) in [6.45, 7) is -1.90. The van der Waals surface area contributed by atoms with Gasteiger partial charge in [-0.25, -0.2) is 8.78 Å². The second-order valence-electron chi connectivity index (χ2n) is 1.98. The van der Waals surface area contributed by atoms with Crippen LogP contribution in [0.25, 0.3) is 0 Å². The maximum Gasteiger partial charge on any atom is 0.287 e. The van der Waals surface area contributed by atoms with E-state index in [1.54, 1.807) is 0 Å². The van der Waals surface area contributed by atoms with Gasteiger partial charge in [0, 0.05) is 7.05 Å². The number of hydrogen-bond acceptors (Lipinski definition) is 2. The molecule has 0 heterocycles. The Hall–Kier alpha value is -0.910. The number of hydrogen-bond donors (Lipinski definition) is 3. The summed E-state index contributed by atoms with van der Waals surface area (Å²) in [5, 5.41) is 10.3. The van der Waals surface area contributed by atoms with Gasteiger partial charge in [0.2, 0.25) is 0 Å². The molecule has 0 bridgehead atoms. The number of halogens is 2. The third-order valence-electron chi connectivity index (χ3n) is 1.00. The van der Waals surface area contributed by atoms with Crippen LogP contribution in [0.1, 0.15) is 0 Å². The van der Waals surface area contributed by atoms with Crippen LogP contribution in [-0.4, -0.2) is 37.2 Å². The topological polar surface area (TPSA) is 70.6 Å². The lowest BCUT2D eigenvalue weighted by molar-refractivity contribution is -0.0443. The number of nitrogens with one attached hydrogen (secondary N) is 1. The van der Waals surface area contributed by atoms with Gasteiger partial charge in [-0.3, -0.25) is 4.99 Å². The maximum absolute atomic E-state index is 12.2. The van der Waals surface area contributed by atoms with Crippen LogP contribution in [0.5, 0.6) is 0 Å². The summed E-state index contributed by atoms with van der Waals surface area (Å²) < 4.78 is 24.5. The van der Waals surface area contributed by atoms with E-state index in [0.29, 0.717) is 0 Å². The molecule has 4 nitrogen and oxygen atoms in total. The molecule has 0 spiro atoms. The van der Waals surface area contributed by atoms with Crippen LogP contribution >= 0.6 is 0 Å². The predicted molar refractivity (Wildman–Crippen MR) is 37.6 cm³/mol. The molecule has 0 aromatic carbocycles. The van der Waals surface area contributed by atoms with Crippen molar-refractivity contribution in [2.45, 2.75) is 5.92 Å². The van der Waals surface area contributed by atoms with Crippen molar-refractivity contribution in [2.24, 2.45) is 10.7 Å². The monoisotopic (exact) mass is 167 g/mol. The average molecular weight is 167 g/mol. The van der Waals surface area contributed by atoms with Crippen molar-refractivity contribution < 1.29 is 13.9 Å². The van der Waals surface area contributed by atoms with Gasteiger partial charge in [0.1, 0.15) is 6.61 Å². The molecule has 0 aromatic rings. The van der Waals surface area contributed by atoms with Gasteiger partial charge in [-0.05, 0) is 0 Å². The van der Waals surface area contributed by atoms with Gasteiger partial charge < -0.3 is 16.2 Å². The lowest BCUT2D eigenvalue weighted by Crippen LogP contribution is -2.42. The van der Waals surface area contributed by atoms with Crippen molar-refractivity contribution in [3.63, 3.8) is 0 Å². The fourth-order valence-corrected chi connectivity index (χ4v) is 0.355. The van der Waals surface area contributed by atoms with Gasteiger partial charge in [0.05, 0.1) is 6.54 Å². The third kappa shape index (κ3) is 4.49. The summed E-state index contributed by atoms with van der Waals surface area (Å²) in [7, 11) is 1.37. The Labute approximate surface area is 63.1 Å². The minimum absolute atomic E-state index is 0.0712. The largest absolute Gasteiger partial charge is 0.390 e. The van der Waals surface area contributed by atoms with E-state index in [2.05, 4.69) is 10.3 Å². The Kier molecular flexibility index (Phi) is 3.73. The molecule has 4 N–H and O–H groups in total. The normalized spacial score (nSPS) is 13.3. The highest BCUT2D eigenvalue weighted by molar-refractivity contribution is 5.77. The molecule has 0 aliphatic rings. The van der Waals surface area contributed by atoms with E-state index in [1.165, 1.54) is 7.05 Å². The molecule has 0 saturated heterocycles. The highest BCUT2D eigenvalue weighted by atomic mass is 19.3. The molecule has 0 unspecified atom stereocenters. The molecule has 11 heavy (non-hydrogen) atoms. The number of rotatable bonds is 3. The van der Waals surface area contributed by atoms with Gasteiger partial charge in [-0.15, -0.1) is 0 Å². The highest BCUT2D eigenvalue weighted by Gasteiger charge is 2.27. The lowest BCUT2D eigenvalue weighted by Gasteiger charge is -2.13. The van der Waals surface area contributed by atoms with Gasteiger partial charge in [-0.1, -0.05) is 0 Å². The Morgan fingerprint density at radius 2 is 2.27 bits per heavy atom. The Bertz CT molecular complexity index is 149. The van der Waals surface area contributed by atoms with Crippen LogP contribution in [0.4, 0.5) is 8.78 Å². The Balaban J connectivity index is 3.70. The van der Waals surface area contributed by atoms with Crippen LogP contribution in [0.15, 0.2) is 4.99 Å². The van der Waals surface area contributed by atoms with Crippen LogP contribution in [0.2, 0.25) is 0 Å². The quantitative estimate of drug-likeness (QED) is 0.378. The molecule has 0 aliphatic carbocycles. The zero-order chi connectivity index (χ0) is 8.91. The molecule has 0 aliphatic heterocycles. The molecule has 0 radical (unpaired) electrons. The molecule has 0 aromatic heterocycles. The van der Waals surface area contributed by atoms with Crippen molar-refractivity contribution in [1.82, 2.24) is 5.32 Å². The van der Waals surface area contributed by atoms with E-state index >= 15 is 0 Å². The van der Waals surface area contributed by atoms with E-state index in [9.17, 15) is 8.78 Å². The standard InChI is InChI=1S/C5H11F2N3O/c1-9-4(8)10-2-5(6,7)3-11/h11H,2-3H2,1H3,(H3,8,9,10). The molecule has 66 valence electrons. The van der Waals surface area contributed by atoms with Crippen LogP contribution in [0.3, 0.4) is 0 Å². The first-order chi connectivity index (χ1) is 5.02. The van der Waals surface area contributed by atoms with Crippen molar-refractivity contribution in [3.05, 3.63) is 0 Å². The zero-order valence-electron chi connectivity index (χ0n) is 6.14. The molecule has 0 saturated carbocycles. The second-order valence-corrected chi connectivity index (χ2v) is 1.98. The number of alkyl halides is 2. The fraction of sp³-hybridized carbons (Fsp3) is 0.800. The van der Waals surface area contributed by atoms with Crippen molar-refractivity contribution in [3.8, 4) is 0 Å². The SMILES string of the molecule is CN=C(N)NCC(F)(F)CO. The fourth-order valence-electron chi connectivity index (χ4n) is 0.355. The lowest BCUT2D eigenvalue weighted by atomic mass is 10.3. The molecule has 0 rings (SSSR count). The summed E-state index contributed by atoms with van der Waals surface area (Å²) in [4.78, 5) is 3.39. The van der Waals surface area contributed by atoms with E-state index in [4.69, 9.17) is 10.8 Å². The second kappa shape index (κ2) is 4.07. The first-order valence-electron chi connectivity index (χ1n) is 2.96. The zero-order valence-corrected chi connectivity index (χ0v) is 6.14. The maximum atomic E-state index is 12.2. The number of guanidine groups is 1. The summed E-state index contributed by atoms with van der Waals surface area (Å²) in [6.07, 6.45) is 0. The van der Waals surface area contributed by atoms with E-state index in [1.807, 2.05) is 0 Å². The first kappa shape index (κ1) is 10.1. The smallest absolute Gasteiger partial charge is 0.287 e. The summed E-state index contributed by atoms with van der Waals surface area (Å²) >= 11 is 0. The summed E-state index contributed by atoms with van der Waals surface area (Å²) in [5.41, 5.74) is 5.06. The van der Waals surface area contributed by atoms with Gasteiger partial charge in [0.15, 0.2) is 5.96 Å². The molecule has 0 fully saturated rings. The van der Waals surface area contributed by atoms with Crippen LogP contribution in [-0.2, 0) is 0 Å². The summed E-state index contributed by atoms with van der Waals surface area (Å²) in [6, 6.07) is 0. The van der Waals surface area contributed by atoms with Crippen LogP contribution < -0.4 is 11.1 Å². The van der Waals surface area contributed by atoms with Crippen molar-refractivity contribution >= 4 is 5.96 Å². The Morgan fingerprint density at radius 3 is 2.64 bits per heavy atom. The predicted octanol–water partition coefficient (Wildman–Crippen LogP) is -0.852. The number of nitrogens with two attached hydrogens (primary N) is 1. The first-order valence-corrected chi connectivity index (χ1v) is 2.96. The van der Waals surface area contributed by atoms with E-state index < -0.39 is 19.1 Å². The number of aliphatic imine (C=N–C) groups is 1. The molecule has 0 amide bonds. The van der Waals surface area contributed by atoms with Gasteiger partial charge in [0.25, 0.3) is 5.92 Å². The number of aliphatic hydroxyl groups is 1.